The Labute approximate surface area is 136 Å². The van der Waals surface area contributed by atoms with Crippen LogP contribution in [0.3, 0.4) is 0 Å². The number of anilines is 1. The average molecular weight is 334 g/mol. The maximum Gasteiger partial charge on any atom is 0.348 e. The first-order valence-corrected chi connectivity index (χ1v) is 7.32. The smallest absolute Gasteiger partial charge is 0.348 e. The number of thiophene rings is 1. The molecule has 1 N–H and O–H groups in total. The Balaban J connectivity index is 2.42. The van der Waals surface area contributed by atoms with Gasteiger partial charge in [0.25, 0.3) is 5.91 Å². The summed E-state index contributed by atoms with van der Waals surface area (Å²) >= 11 is 0.958. The number of nitrogens with zero attached hydrogens (tertiary/aromatic N) is 1. The highest BCUT2D eigenvalue weighted by Gasteiger charge is 2.26. The minimum atomic E-state index is -0.643. The summed E-state index contributed by atoms with van der Waals surface area (Å²) in [6, 6.07) is 3.21. The van der Waals surface area contributed by atoms with Gasteiger partial charge in [-0.15, -0.1) is 11.3 Å². The van der Waals surface area contributed by atoms with Gasteiger partial charge in [0.15, 0.2) is 0 Å². The Bertz CT molecular complexity index is 755. The summed E-state index contributed by atoms with van der Waals surface area (Å²) in [7, 11) is 2.47. The highest BCUT2D eigenvalue weighted by molar-refractivity contribution is 7.18. The summed E-state index contributed by atoms with van der Waals surface area (Å²) in [5.74, 6) is -1.67. The number of hydrogen-bond donors (Lipinski definition) is 1. The summed E-state index contributed by atoms with van der Waals surface area (Å²) in [5.41, 5.74) is 0.860. The van der Waals surface area contributed by atoms with Crippen LogP contribution in [-0.4, -0.2) is 37.0 Å². The molecule has 2 rings (SSSR count). The molecule has 0 radical (unpaired) electrons. The molecule has 2 aromatic heterocycles. The highest BCUT2D eigenvalue weighted by atomic mass is 32.1. The molecule has 0 bridgehead atoms. The molecule has 0 aliphatic rings. The monoisotopic (exact) mass is 334 g/mol. The van der Waals surface area contributed by atoms with Gasteiger partial charge in [-0.2, -0.15) is 0 Å². The average Bonchev–Trinajstić information content (AvgIpc) is 2.90. The zero-order chi connectivity index (χ0) is 17.0. The van der Waals surface area contributed by atoms with E-state index in [0.717, 1.165) is 11.3 Å². The van der Waals surface area contributed by atoms with Crippen LogP contribution in [0.25, 0.3) is 0 Å². The fourth-order valence-electron chi connectivity index (χ4n) is 1.91. The summed E-state index contributed by atoms with van der Waals surface area (Å²) in [6.45, 7) is 1.59. The van der Waals surface area contributed by atoms with E-state index in [4.69, 9.17) is 4.74 Å². The number of aromatic nitrogens is 1. The standard InChI is InChI=1S/C15H14N2O5S/c1-8-10(14(19)21-2)13(23-11(8)15(20)22-3)17-12(18)9-5-4-6-16-7-9/h4-7H,1-3H3,(H,17,18). The van der Waals surface area contributed by atoms with Crippen LogP contribution < -0.4 is 5.32 Å². The van der Waals surface area contributed by atoms with Crippen molar-refractivity contribution in [1.82, 2.24) is 4.98 Å². The lowest BCUT2D eigenvalue weighted by Gasteiger charge is -2.05. The first kappa shape index (κ1) is 16.6. The normalized spacial score (nSPS) is 10.0. The van der Waals surface area contributed by atoms with Crippen LogP contribution in [-0.2, 0) is 9.47 Å². The van der Waals surface area contributed by atoms with Crippen LogP contribution in [0.4, 0.5) is 5.00 Å². The molecule has 0 aromatic carbocycles. The molecule has 0 aliphatic carbocycles. The fraction of sp³-hybridized carbons (Fsp3) is 0.200. The van der Waals surface area contributed by atoms with Crippen molar-refractivity contribution >= 4 is 34.2 Å². The van der Waals surface area contributed by atoms with Gasteiger partial charge in [0.1, 0.15) is 9.88 Å². The number of rotatable bonds is 4. The first-order valence-electron chi connectivity index (χ1n) is 6.51. The SMILES string of the molecule is COC(=O)c1sc(NC(=O)c2cccnc2)c(C(=O)OC)c1C. The fourth-order valence-corrected chi connectivity index (χ4v) is 3.02. The van der Waals surface area contributed by atoms with Crippen molar-refractivity contribution < 1.29 is 23.9 Å². The molecule has 1 amide bonds. The molecule has 23 heavy (non-hydrogen) atoms. The topological polar surface area (TPSA) is 94.6 Å². The van der Waals surface area contributed by atoms with Crippen LogP contribution in [0.1, 0.15) is 36.0 Å². The van der Waals surface area contributed by atoms with E-state index in [-0.39, 0.29) is 15.4 Å². The second kappa shape index (κ2) is 7.01. The minimum Gasteiger partial charge on any atom is -0.465 e. The molecule has 0 fully saturated rings. The number of carbonyl (C=O) groups excluding carboxylic acids is 3. The summed E-state index contributed by atoms with van der Waals surface area (Å²) < 4.78 is 9.41. The molecule has 0 atom stereocenters. The molecule has 0 saturated carbocycles. The number of amides is 1. The number of carbonyl (C=O) groups is 3. The third kappa shape index (κ3) is 3.37. The predicted molar refractivity (Wildman–Crippen MR) is 83.9 cm³/mol. The van der Waals surface area contributed by atoms with E-state index in [9.17, 15) is 14.4 Å². The molecule has 0 unspecified atom stereocenters. The Hall–Kier alpha value is -2.74. The minimum absolute atomic E-state index is 0.134. The Morgan fingerprint density at radius 3 is 2.43 bits per heavy atom. The summed E-state index contributed by atoms with van der Waals surface area (Å²) in [5, 5.41) is 2.84. The zero-order valence-electron chi connectivity index (χ0n) is 12.7. The number of nitrogens with one attached hydrogen (secondary N) is 1. The number of methoxy groups -OCH3 is 2. The van der Waals surface area contributed by atoms with Gasteiger partial charge in [0.05, 0.1) is 25.3 Å². The van der Waals surface area contributed by atoms with Crippen LogP contribution in [0.15, 0.2) is 24.5 Å². The van der Waals surface area contributed by atoms with Gasteiger partial charge >= 0.3 is 11.9 Å². The first-order chi connectivity index (χ1) is 11.0. The lowest BCUT2D eigenvalue weighted by atomic mass is 10.1. The predicted octanol–water partition coefficient (Wildman–Crippen LogP) is 2.28. The molecule has 0 aliphatic heterocycles. The van der Waals surface area contributed by atoms with Crippen molar-refractivity contribution in [2.45, 2.75) is 6.92 Å². The lowest BCUT2D eigenvalue weighted by molar-refractivity contribution is 0.0601. The Morgan fingerprint density at radius 1 is 1.17 bits per heavy atom. The Morgan fingerprint density at radius 2 is 1.87 bits per heavy atom. The lowest BCUT2D eigenvalue weighted by Crippen LogP contribution is -2.14. The number of esters is 2. The summed E-state index contributed by atoms with van der Waals surface area (Å²) in [6.07, 6.45) is 2.94. The largest absolute Gasteiger partial charge is 0.465 e. The van der Waals surface area contributed by atoms with Crippen molar-refractivity contribution in [3.05, 3.63) is 46.1 Å². The van der Waals surface area contributed by atoms with Crippen molar-refractivity contribution in [3.8, 4) is 0 Å². The van der Waals surface area contributed by atoms with Gasteiger partial charge in [-0.25, -0.2) is 9.59 Å². The number of pyridine rings is 1. The van der Waals surface area contributed by atoms with Crippen LogP contribution in [0.5, 0.6) is 0 Å². The molecular formula is C15H14N2O5S. The molecule has 0 spiro atoms. The van der Waals surface area contributed by atoms with E-state index in [1.54, 1.807) is 25.3 Å². The van der Waals surface area contributed by atoms with Gasteiger partial charge in [-0.1, -0.05) is 0 Å². The molecule has 8 heteroatoms. The van der Waals surface area contributed by atoms with Crippen LogP contribution >= 0.6 is 11.3 Å². The van der Waals surface area contributed by atoms with E-state index in [2.05, 4.69) is 15.0 Å². The van der Waals surface area contributed by atoms with E-state index >= 15 is 0 Å². The third-order valence-electron chi connectivity index (χ3n) is 3.06. The summed E-state index contributed by atoms with van der Waals surface area (Å²) in [4.78, 5) is 40.1. The highest BCUT2D eigenvalue weighted by Crippen LogP contribution is 2.34. The number of hydrogen-bond acceptors (Lipinski definition) is 7. The van der Waals surface area contributed by atoms with Crippen LogP contribution in [0, 0.1) is 6.92 Å². The van der Waals surface area contributed by atoms with E-state index < -0.39 is 17.8 Å². The molecule has 7 nitrogen and oxygen atoms in total. The van der Waals surface area contributed by atoms with Crippen LogP contribution in [0.2, 0.25) is 0 Å². The van der Waals surface area contributed by atoms with Crippen molar-refractivity contribution in [1.29, 1.82) is 0 Å². The molecule has 120 valence electrons. The molecule has 2 aromatic rings. The maximum absolute atomic E-state index is 12.2. The third-order valence-corrected chi connectivity index (χ3v) is 4.25. The van der Waals surface area contributed by atoms with Gasteiger partial charge < -0.3 is 14.8 Å². The van der Waals surface area contributed by atoms with Gasteiger partial charge in [-0.3, -0.25) is 9.78 Å². The van der Waals surface area contributed by atoms with Gasteiger partial charge in [0, 0.05) is 12.4 Å². The maximum atomic E-state index is 12.2. The van der Waals surface area contributed by atoms with Gasteiger partial charge in [0.2, 0.25) is 0 Å². The van der Waals surface area contributed by atoms with E-state index in [1.165, 1.54) is 20.4 Å². The van der Waals surface area contributed by atoms with E-state index in [0.29, 0.717) is 11.1 Å². The molecule has 2 heterocycles. The van der Waals surface area contributed by atoms with Crippen molar-refractivity contribution in [2.75, 3.05) is 19.5 Å². The zero-order valence-corrected chi connectivity index (χ0v) is 13.5. The molecular weight excluding hydrogens is 320 g/mol. The van der Waals surface area contributed by atoms with Gasteiger partial charge in [-0.05, 0) is 24.6 Å². The second-order valence-corrected chi connectivity index (χ2v) is 5.46. The van der Waals surface area contributed by atoms with Crippen molar-refractivity contribution in [2.24, 2.45) is 0 Å². The number of ether oxygens (including phenoxy) is 2. The molecule has 0 saturated heterocycles. The van der Waals surface area contributed by atoms with E-state index in [1.807, 2.05) is 0 Å². The quantitative estimate of drug-likeness (QED) is 0.862. The second-order valence-electron chi connectivity index (χ2n) is 4.44. The van der Waals surface area contributed by atoms with Crippen molar-refractivity contribution in [3.63, 3.8) is 0 Å². The Kier molecular flexibility index (Phi) is 5.07.